The molecule has 0 unspecified atom stereocenters. The van der Waals surface area contributed by atoms with Gasteiger partial charge in [0.25, 0.3) is 0 Å². The first-order valence-electron chi connectivity index (χ1n) is 4.90. The molecule has 72 valence electrons. The summed E-state index contributed by atoms with van der Waals surface area (Å²) in [6.45, 7) is 6.21. The van der Waals surface area contributed by atoms with Crippen LogP contribution in [0.1, 0.15) is 24.0 Å². The highest BCUT2D eigenvalue weighted by molar-refractivity contribution is 5.20. The second-order valence-corrected chi connectivity index (χ2v) is 3.48. The first-order chi connectivity index (χ1) is 6.29. The summed E-state index contributed by atoms with van der Waals surface area (Å²) < 4.78 is 4.94. The van der Waals surface area contributed by atoms with Crippen LogP contribution in [0.4, 0.5) is 0 Å². The van der Waals surface area contributed by atoms with Crippen molar-refractivity contribution in [1.82, 2.24) is 0 Å². The summed E-state index contributed by atoms with van der Waals surface area (Å²) in [5.74, 6) is 0. The Labute approximate surface area is 80.7 Å². The predicted octanol–water partition coefficient (Wildman–Crippen LogP) is 3.10. The van der Waals surface area contributed by atoms with Gasteiger partial charge in [-0.3, -0.25) is 0 Å². The van der Waals surface area contributed by atoms with Gasteiger partial charge in [-0.05, 0) is 26.7 Å². The Bertz CT molecular complexity index is 214. The van der Waals surface area contributed by atoms with E-state index in [4.69, 9.17) is 4.74 Å². The lowest BCUT2D eigenvalue weighted by Gasteiger charge is -1.90. The van der Waals surface area contributed by atoms with Crippen LogP contribution in [0.5, 0.6) is 0 Å². The highest BCUT2D eigenvalue weighted by Gasteiger charge is 1.94. The van der Waals surface area contributed by atoms with Crippen molar-refractivity contribution in [1.29, 1.82) is 0 Å². The fourth-order valence-electron chi connectivity index (χ4n) is 1.32. The van der Waals surface area contributed by atoms with Gasteiger partial charge in [0.05, 0.1) is 0 Å². The molecule has 1 aromatic rings. The average Bonchev–Trinajstić information content (AvgIpc) is 2.59. The summed E-state index contributed by atoms with van der Waals surface area (Å²) in [6.07, 6.45) is 2.56. The van der Waals surface area contributed by atoms with Gasteiger partial charge in [-0.15, -0.1) is 0 Å². The molecule has 0 aliphatic carbocycles. The maximum absolute atomic E-state index is 4.94. The SMILES string of the molecule is C1CCOC1.Cc1cccc(C)c1. The van der Waals surface area contributed by atoms with E-state index in [1.807, 2.05) is 0 Å². The molecule has 1 aromatic carbocycles. The minimum absolute atomic E-state index is 1.00. The quantitative estimate of drug-likeness (QED) is 0.593. The number of hydrogen-bond acceptors (Lipinski definition) is 1. The lowest BCUT2D eigenvalue weighted by Crippen LogP contribution is -1.74. The minimum Gasteiger partial charge on any atom is -0.381 e. The molecule has 0 spiro atoms. The highest BCUT2D eigenvalue weighted by Crippen LogP contribution is 2.00. The molecular weight excluding hydrogens is 160 g/mol. The molecule has 0 bridgehead atoms. The van der Waals surface area contributed by atoms with E-state index in [1.54, 1.807) is 0 Å². The third-order valence-electron chi connectivity index (χ3n) is 2.00. The van der Waals surface area contributed by atoms with Gasteiger partial charge in [-0.1, -0.05) is 35.4 Å². The molecule has 0 amide bonds. The van der Waals surface area contributed by atoms with Gasteiger partial charge >= 0.3 is 0 Å². The zero-order valence-corrected chi connectivity index (χ0v) is 8.55. The molecule has 1 saturated heterocycles. The molecule has 0 radical (unpaired) electrons. The van der Waals surface area contributed by atoms with E-state index in [2.05, 4.69) is 38.1 Å². The largest absolute Gasteiger partial charge is 0.381 e. The number of benzene rings is 1. The zero-order chi connectivity index (χ0) is 9.52. The second-order valence-electron chi connectivity index (χ2n) is 3.48. The van der Waals surface area contributed by atoms with Gasteiger partial charge in [-0.25, -0.2) is 0 Å². The van der Waals surface area contributed by atoms with Crippen LogP contribution in [-0.2, 0) is 4.74 Å². The molecule has 1 heterocycles. The summed E-state index contributed by atoms with van der Waals surface area (Å²) in [4.78, 5) is 0. The maximum atomic E-state index is 4.94. The van der Waals surface area contributed by atoms with Gasteiger partial charge in [0.15, 0.2) is 0 Å². The summed E-state index contributed by atoms with van der Waals surface area (Å²) in [6, 6.07) is 8.45. The molecule has 0 N–H and O–H groups in total. The van der Waals surface area contributed by atoms with E-state index >= 15 is 0 Å². The van der Waals surface area contributed by atoms with Crippen LogP contribution in [0.15, 0.2) is 24.3 Å². The zero-order valence-electron chi connectivity index (χ0n) is 8.55. The molecular formula is C12H18O. The van der Waals surface area contributed by atoms with Crippen LogP contribution < -0.4 is 0 Å². The van der Waals surface area contributed by atoms with Crippen molar-refractivity contribution in [2.24, 2.45) is 0 Å². The van der Waals surface area contributed by atoms with E-state index in [0.29, 0.717) is 0 Å². The molecule has 1 heteroatoms. The first-order valence-corrected chi connectivity index (χ1v) is 4.90. The van der Waals surface area contributed by atoms with Crippen molar-refractivity contribution >= 4 is 0 Å². The lowest BCUT2D eigenvalue weighted by atomic mass is 10.2. The summed E-state index contributed by atoms with van der Waals surface area (Å²) >= 11 is 0. The van der Waals surface area contributed by atoms with Crippen LogP contribution in [0.25, 0.3) is 0 Å². The number of rotatable bonds is 0. The Morgan fingerprint density at radius 1 is 1.00 bits per heavy atom. The average molecular weight is 178 g/mol. The molecule has 2 rings (SSSR count). The summed E-state index contributed by atoms with van der Waals surface area (Å²) in [5.41, 5.74) is 2.68. The predicted molar refractivity (Wildman–Crippen MR) is 56.0 cm³/mol. The minimum atomic E-state index is 1.00. The summed E-state index contributed by atoms with van der Waals surface area (Å²) in [5, 5.41) is 0. The molecule has 1 aliphatic rings. The third kappa shape index (κ3) is 4.69. The number of hydrogen-bond donors (Lipinski definition) is 0. The number of aryl methyl sites for hydroxylation is 2. The first kappa shape index (κ1) is 10.3. The van der Waals surface area contributed by atoms with Gasteiger partial charge in [-0.2, -0.15) is 0 Å². The van der Waals surface area contributed by atoms with Crippen LogP contribution >= 0.6 is 0 Å². The van der Waals surface area contributed by atoms with E-state index in [-0.39, 0.29) is 0 Å². The Kier molecular flexibility index (Phi) is 4.55. The van der Waals surface area contributed by atoms with E-state index in [0.717, 1.165) is 13.2 Å². The van der Waals surface area contributed by atoms with E-state index < -0.39 is 0 Å². The normalized spacial score (nSPS) is 14.9. The topological polar surface area (TPSA) is 9.23 Å². The smallest absolute Gasteiger partial charge is 0.0466 e. The van der Waals surface area contributed by atoms with Crippen molar-refractivity contribution in [2.75, 3.05) is 13.2 Å². The molecule has 1 aliphatic heterocycles. The molecule has 0 aromatic heterocycles. The number of ether oxygens (including phenoxy) is 1. The van der Waals surface area contributed by atoms with Crippen LogP contribution in [0.2, 0.25) is 0 Å². The Morgan fingerprint density at radius 2 is 1.54 bits per heavy atom. The van der Waals surface area contributed by atoms with Crippen LogP contribution in [0, 0.1) is 13.8 Å². The van der Waals surface area contributed by atoms with Gasteiger partial charge in [0.2, 0.25) is 0 Å². The van der Waals surface area contributed by atoms with E-state index in [9.17, 15) is 0 Å². The highest BCUT2D eigenvalue weighted by atomic mass is 16.5. The van der Waals surface area contributed by atoms with Crippen molar-refractivity contribution in [3.8, 4) is 0 Å². The Hall–Kier alpha value is -0.820. The molecule has 1 fully saturated rings. The lowest BCUT2D eigenvalue weighted by molar-refractivity contribution is 0.198. The molecule has 1 nitrogen and oxygen atoms in total. The molecule has 13 heavy (non-hydrogen) atoms. The fourth-order valence-corrected chi connectivity index (χ4v) is 1.32. The van der Waals surface area contributed by atoms with Gasteiger partial charge in [0.1, 0.15) is 0 Å². The maximum Gasteiger partial charge on any atom is 0.0466 e. The van der Waals surface area contributed by atoms with Crippen molar-refractivity contribution < 1.29 is 4.74 Å². The van der Waals surface area contributed by atoms with E-state index in [1.165, 1.54) is 24.0 Å². The fraction of sp³-hybridized carbons (Fsp3) is 0.500. The standard InChI is InChI=1S/C8H10.C4H8O/c1-7-4-3-5-8(2)6-7;1-2-4-5-3-1/h3-6H,1-2H3;1-4H2. The second kappa shape index (κ2) is 5.76. The van der Waals surface area contributed by atoms with Crippen molar-refractivity contribution in [3.05, 3.63) is 35.4 Å². The van der Waals surface area contributed by atoms with Gasteiger partial charge in [0, 0.05) is 13.2 Å². The molecule has 0 atom stereocenters. The third-order valence-corrected chi connectivity index (χ3v) is 2.00. The van der Waals surface area contributed by atoms with Crippen molar-refractivity contribution in [3.63, 3.8) is 0 Å². The van der Waals surface area contributed by atoms with Gasteiger partial charge < -0.3 is 4.74 Å². The van der Waals surface area contributed by atoms with Crippen molar-refractivity contribution in [2.45, 2.75) is 26.7 Å². The van der Waals surface area contributed by atoms with Crippen LogP contribution in [0.3, 0.4) is 0 Å². The Balaban J connectivity index is 0.000000145. The monoisotopic (exact) mass is 178 g/mol. The Morgan fingerprint density at radius 3 is 1.77 bits per heavy atom. The van der Waals surface area contributed by atoms with Crippen LogP contribution in [-0.4, -0.2) is 13.2 Å². The molecule has 0 saturated carbocycles. The summed E-state index contributed by atoms with van der Waals surface area (Å²) in [7, 11) is 0.